The molecule has 1 aliphatic rings. The van der Waals surface area contributed by atoms with Gasteiger partial charge in [-0.3, -0.25) is 14.4 Å². The van der Waals surface area contributed by atoms with E-state index in [0.717, 1.165) is 34.6 Å². The van der Waals surface area contributed by atoms with Gasteiger partial charge < -0.3 is 10.6 Å². The van der Waals surface area contributed by atoms with E-state index in [1.54, 1.807) is 49.4 Å². The number of rotatable bonds is 7. The summed E-state index contributed by atoms with van der Waals surface area (Å²) in [4.78, 5) is 39.8. The fraction of sp³-hybridized carbons (Fsp3) is 0.179. The van der Waals surface area contributed by atoms with Crippen LogP contribution in [0.2, 0.25) is 5.02 Å². The van der Waals surface area contributed by atoms with Crippen molar-refractivity contribution in [2.24, 2.45) is 0 Å². The van der Waals surface area contributed by atoms with Gasteiger partial charge in [0.05, 0.1) is 5.69 Å². The Balaban J connectivity index is 1.52. The molecule has 0 atom stereocenters. The zero-order valence-electron chi connectivity index (χ0n) is 20.1. The van der Waals surface area contributed by atoms with Crippen LogP contribution in [0.3, 0.4) is 0 Å². The number of halogens is 2. The Morgan fingerprint density at radius 1 is 0.889 bits per heavy atom. The molecule has 4 rings (SSSR count). The summed E-state index contributed by atoms with van der Waals surface area (Å²) >= 11 is 12.3. The highest BCUT2D eigenvalue weighted by molar-refractivity contribution is 6.53. The lowest BCUT2D eigenvalue weighted by Gasteiger charge is -2.18. The number of aryl methyl sites for hydroxylation is 3. The molecule has 3 amide bonds. The van der Waals surface area contributed by atoms with E-state index in [9.17, 15) is 14.4 Å². The van der Waals surface area contributed by atoms with Crippen LogP contribution in [0.4, 0.5) is 17.1 Å². The minimum Gasteiger partial charge on any atom is -0.350 e. The largest absolute Gasteiger partial charge is 0.350 e. The molecule has 0 spiro atoms. The monoisotopic (exact) mass is 521 g/mol. The van der Waals surface area contributed by atoms with Gasteiger partial charge in [0.1, 0.15) is 10.7 Å². The molecular weight excluding hydrogens is 497 g/mol. The summed E-state index contributed by atoms with van der Waals surface area (Å²) in [6, 6.07) is 17.6. The molecule has 0 bridgehead atoms. The summed E-state index contributed by atoms with van der Waals surface area (Å²) in [6.45, 7) is 5.88. The molecule has 0 saturated carbocycles. The Bertz CT molecular complexity index is 1380. The number of para-hydroxylation sites is 1. The molecule has 1 aliphatic heterocycles. The van der Waals surface area contributed by atoms with Crippen molar-refractivity contribution in [2.75, 3.05) is 15.5 Å². The molecule has 184 valence electrons. The van der Waals surface area contributed by atoms with Crippen LogP contribution in [0.5, 0.6) is 0 Å². The van der Waals surface area contributed by atoms with Gasteiger partial charge in [0.25, 0.3) is 17.7 Å². The molecule has 8 heteroatoms. The van der Waals surface area contributed by atoms with Crippen molar-refractivity contribution in [3.8, 4) is 0 Å². The van der Waals surface area contributed by atoms with E-state index >= 15 is 0 Å². The van der Waals surface area contributed by atoms with Gasteiger partial charge in [-0.2, -0.15) is 0 Å². The lowest BCUT2D eigenvalue weighted by Crippen LogP contribution is -2.32. The van der Waals surface area contributed by atoms with E-state index in [0.29, 0.717) is 27.5 Å². The molecule has 3 aromatic rings. The Kier molecular flexibility index (Phi) is 7.48. The fourth-order valence-corrected chi connectivity index (χ4v) is 4.47. The third-order valence-corrected chi connectivity index (χ3v) is 6.68. The maximum atomic E-state index is 13.1. The summed E-state index contributed by atoms with van der Waals surface area (Å²) < 4.78 is 0. The molecule has 0 aliphatic carbocycles. The first-order valence-corrected chi connectivity index (χ1v) is 12.3. The van der Waals surface area contributed by atoms with Crippen molar-refractivity contribution in [2.45, 2.75) is 33.6 Å². The van der Waals surface area contributed by atoms with Crippen molar-refractivity contribution < 1.29 is 14.4 Å². The molecule has 6 nitrogen and oxygen atoms in total. The number of nitrogens with zero attached hydrogens (tertiary/aromatic N) is 1. The maximum Gasteiger partial charge on any atom is 0.283 e. The molecule has 0 aromatic heterocycles. The lowest BCUT2D eigenvalue weighted by atomic mass is 10.0. The van der Waals surface area contributed by atoms with Crippen molar-refractivity contribution >= 4 is 58.0 Å². The van der Waals surface area contributed by atoms with Crippen LogP contribution in [0, 0.1) is 6.92 Å². The zero-order chi connectivity index (χ0) is 26.0. The maximum absolute atomic E-state index is 13.1. The van der Waals surface area contributed by atoms with Gasteiger partial charge in [-0.05, 0) is 72.9 Å². The summed E-state index contributed by atoms with van der Waals surface area (Å²) in [5, 5.41) is 6.15. The van der Waals surface area contributed by atoms with E-state index < -0.39 is 11.8 Å². The number of imide groups is 1. The summed E-state index contributed by atoms with van der Waals surface area (Å²) in [7, 11) is 0. The molecule has 2 N–H and O–H groups in total. The number of carbonyl (C=O) groups is 3. The van der Waals surface area contributed by atoms with Crippen molar-refractivity contribution in [3.05, 3.63) is 98.7 Å². The summed E-state index contributed by atoms with van der Waals surface area (Å²) in [6.07, 6.45) is 1.61. The van der Waals surface area contributed by atoms with Crippen LogP contribution in [-0.2, 0) is 22.4 Å². The minimum atomic E-state index is -0.633. The van der Waals surface area contributed by atoms with Crippen LogP contribution in [0.25, 0.3) is 0 Å². The number of benzene rings is 3. The van der Waals surface area contributed by atoms with Crippen LogP contribution in [0.1, 0.15) is 40.9 Å². The Labute approximate surface area is 219 Å². The number of nitrogens with one attached hydrogen (secondary N) is 2. The molecule has 0 unspecified atom stereocenters. The van der Waals surface area contributed by atoms with Gasteiger partial charge >= 0.3 is 0 Å². The predicted molar refractivity (Wildman–Crippen MR) is 145 cm³/mol. The SMILES string of the molecule is CCc1cccc(CC)c1NC(=O)c1ccc(NC2=C(Cl)C(=O)N(c3cc(Cl)ccc3C)C2=O)cc1. The second-order valence-electron chi connectivity index (χ2n) is 8.38. The van der Waals surface area contributed by atoms with Crippen molar-refractivity contribution in [1.82, 2.24) is 0 Å². The lowest BCUT2D eigenvalue weighted by molar-refractivity contribution is -0.120. The third kappa shape index (κ3) is 4.87. The quantitative estimate of drug-likeness (QED) is 0.349. The van der Waals surface area contributed by atoms with Gasteiger partial charge in [0, 0.05) is 22.0 Å². The van der Waals surface area contributed by atoms with Gasteiger partial charge in [0.2, 0.25) is 0 Å². The summed E-state index contributed by atoms with van der Waals surface area (Å²) in [5.74, 6) is -1.45. The first-order valence-electron chi connectivity index (χ1n) is 11.6. The highest BCUT2D eigenvalue weighted by atomic mass is 35.5. The van der Waals surface area contributed by atoms with Crippen LogP contribution in [-0.4, -0.2) is 17.7 Å². The molecule has 36 heavy (non-hydrogen) atoms. The zero-order valence-corrected chi connectivity index (χ0v) is 21.6. The average molecular weight is 522 g/mol. The topological polar surface area (TPSA) is 78.5 Å². The smallest absolute Gasteiger partial charge is 0.283 e. The molecule has 0 saturated heterocycles. The van der Waals surface area contributed by atoms with Gasteiger partial charge in [0.15, 0.2) is 0 Å². The molecule has 1 heterocycles. The number of hydrogen-bond donors (Lipinski definition) is 2. The van der Waals surface area contributed by atoms with E-state index in [1.807, 2.05) is 18.2 Å². The van der Waals surface area contributed by atoms with Gasteiger partial charge in [-0.1, -0.05) is 61.3 Å². The summed E-state index contributed by atoms with van der Waals surface area (Å²) in [5.41, 5.74) is 5.00. The molecule has 0 fully saturated rings. The first kappa shape index (κ1) is 25.5. The van der Waals surface area contributed by atoms with Gasteiger partial charge in [-0.25, -0.2) is 4.90 Å². The van der Waals surface area contributed by atoms with Crippen LogP contribution in [0.15, 0.2) is 71.4 Å². The third-order valence-electron chi connectivity index (χ3n) is 6.09. The minimum absolute atomic E-state index is 0.0392. The normalized spacial score (nSPS) is 13.4. The van der Waals surface area contributed by atoms with Crippen LogP contribution >= 0.6 is 23.2 Å². The van der Waals surface area contributed by atoms with Crippen molar-refractivity contribution in [1.29, 1.82) is 0 Å². The second-order valence-corrected chi connectivity index (χ2v) is 9.19. The predicted octanol–water partition coefficient (Wildman–Crippen LogP) is 6.46. The second kappa shape index (κ2) is 10.6. The van der Waals surface area contributed by atoms with Crippen LogP contribution < -0.4 is 15.5 Å². The Morgan fingerprint density at radius 3 is 2.14 bits per heavy atom. The molecular formula is C28H25Cl2N3O3. The fourth-order valence-electron chi connectivity index (χ4n) is 4.09. The van der Waals surface area contributed by atoms with Crippen molar-refractivity contribution in [3.63, 3.8) is 0 Å². The van der Waals surface area contributed by atoms with Gasteiger partial charge in [-0.15, -0.1) is 0 Å². The van der Waals surface area contributed by atoms with E-state index in [2.05, 4.69) is 24.5 Å². The van der Waals surface area contributed by atoms with E-state index in [1.165, 1.54) is 0 Å². The first-order chi connectivity index (χ1) is 17.2. The Morgan fingerprint density at radius 2 is 1.53 bits per heavy atom. The number of carbonyl (C=O) groups excluding carboxylic acids is 3. The number of hydrogen-bond acceptors (Lipinski definition) is 4. The molecule has 0 radical (unpaired) electrons. The Hall–Kier alpha value is -3.61. The highest BCUT2D eigenvalue weighted by Gasteiger charge is 2.39. The highest BCUT2D eigenvalue weighted by Crippen LogP contribution is 2.33. The number of amides is 3. The standard InChI is InChI=1S/C28H25Cl2N3O3/c1-4-17-7-6-8-18(5-2)24(17)32-26(34)19-10-13-21(14-11-19)31-25-23(30)27(35)33(28(25)36)22-15-20(29)12-9-16(22)3/h6-15,31H,4-5H2,1-3H3,(H,32,34). The van der Waals surface area contributed by atoms with E-state index in [-0.39, 0.29) is 16.6 Å². The number of anilines is 3. The van der Waals surface area contributed by atoms with E-state index in [4.69, 9.17) is 23.2 Å². The molecule has 3 aromatic carbocycles. The average Bonchev–Trinajstić information content (AvgIpc) is 3.08.